The Hall–Kier alpha value is -2.08. The van der Waals surface area contributed by atoms with Crippen molar-refractivity contribution >= 4 is 46.7 Å². The maximum Gasteiger partial charge on any atom is 0.281 e. The number of carbonyl (C=O) groups is 1. The maximum atomic E-state index is 11.7. The van der Waals surface area contributed by atoms with Crippen molar-refractivity contribution in [3.8, 4) is 11.3 Å². The molecule has 0 bridgehead atoms. The van der Waals surface area contributed by atoms with Crippen molar-refractivity contribution in [2.24, 2.45) is 5.10 Å². The first-order valence-electron chi connectivity index (χ1n) is 6.55. The van der Waals surface area contributed by atoms with Gasteiger partial charge < -0.3 is 4.42 Å². The van der Waals surface area contributed by atoms with Gasteiger partial charge in [-0.1, -0.05) is 29.3 Å². The summed E-state index contributed by atoms with van der Waals surface area (Å²) in [4.78, 5) is 12.3. The summed E-state index contributed by atoms with van der Waals surface area (Å²) in [7, 11) is 0. The molecule has 2 heterocycles. The summed E-state index contributed by atoms with van der Waals surface area (Å²) in [6.07, 6.45) is 1.44. The van der Waals surface area contributed by atoms with Crippen LogP contribution in [0.5, 0.6) is 0 Å². The van der Waals surface area contributed by atoms with Crippen LogP contribution in [0.1, 0.15) is 15.4 Å². The predicted octanol–water partition coefficient (Wildman–Crippen LogP) is 5.08. The van der Waals surface area contributed by atoms with E-state index < -0.39 is 0 Å². The zero-order valence-corrected chi connectivity index (χ0v) is 14.0. The highest BCUT2D eigenvalue weighted by Crippen LogP contribution is 2.29. The van der Waals surface area contributed by atoms with Crippen molar-refractivity contribution in [3.05, 3.63) is 68.5 Å². The highest BCUT2D eigenvalue weighted by Gasteiger charge is 2.07. The number of nitrogens with one attached hydrogen (secondary N) is 1. The Morgan fingerprint density at radius 3 is 2.78 bits per heavy atom. The molecular formula is C16H10Cl2N2O2S. The molecule has 1 N–H and O–H groups in total. The van der Waals surface area contributed by atoms with Gasteiger partial charge in [-0.15, -0.1) is 11.3 Å². The van der Waals surface area contributed by atoms with E-state index >= 15 is 0 Å². The number of amides is 1. The summed E-state index contributed by atoms with van der Waals surface area (Å²) in [5, 5.41) is 6.65. The summed E-state index contributed by atoms with van der Waals surface area (Å²) >= 11 is 13.2. The van der Waals surface area contributed by atoms with Crippen LogP contribution in [0.2, 0.25) is 10.0 Å². The van der Waals surface area contributed by atoms with Crippen LogP contribution in [-0.2, 0) is 0 Å². The van der Waals surface area contributed by atoms with Gasteiger partial charge in [0.15, 0.2) is 0 Å². The van der Waals surface area contributed by atoms with E-state index in [0.29, 0.717) is 26.4 Å². The highest BCUT2D eigenvalue weighted by molar-refractivity contribution is 7.12. The number of carbonyl (C=O) groups excluding carboxylic acids is 1. The number of hydrogen-bond donors (Lipinski definition) is 1. The zero-order valence-electron chi connectivity index (χ0n) is 11.6. The van der Waals surface area contributed by atoms with E-state index in [0.717, 1.165) is 5.56 Å². The smallest absolute Gasteiger partial charge is 0.281 e. The van der Waals surface area contributed by atoms with Crippen molar-refractivity contribution in [1.82, 2.24) is 5.43 Å². The van der Waals surface area contributed by atoms with Gasteiger partial charge in [0.2, 0.25) is 0 Å². The molecule has 4 nitrogen and oxygen atoms in total. The SMILES string of the molecule is O=C(NN=Cc1ccc(-c2ccc(Cl)c(Cl)c2)o1)c1cccs1. The van der Waals surface area contributed by atoms with Crippen molar-refractivity contribution in [2.75, 3.05) is 0 Å². The van der Waals surface area contributed by atoms with Gasteiger partial charge in [0.05, 0.1) is 21.1 Å². The highest BCUT2D eigenvalue weighted by atomic mass is 35.5. The lowest BCUT2D eigenvalue weighted by Crippen LogP contribution is -2.15. The standard InChI is InChI=1S/C16H10Cl2N2O2S/c17-12-5-3-10(8-13(12)18)14-6-4-11(22-14)9-19-20-16(21)15-2-1-7-23-15/h1-9H,(H,20,21). The van der Waals surface area contributed by atoms with E-state index in [2.05, 4.69) is 10.5 Å². The summed E-state index contributed by atoms with van der Waals surface area (Å²) in [5.41, 5.74) is 3.25. The van der Waals surface area contributed by atoms with Gasteiger partial charge in [-0.25, -0.2) is 5.43 Å². The number of halogens is 2. The third-order valence-electron chi connectivity index (χ3n) is 2.93. The van der Waals surface area contributed by atoms with Crippen molar-refractivity contribution in [2.45, 2.75) is 0 Å². The number of thiophene rings is 1. The minimum Gasteiger partial charge on any atom is -0.455 e. The number of furan rings is 1. The fourth-order valence-corrected chi connectivity index (χ4v) is 2.76. The molecule has 0 spiro atoms. The first kappa shape index (κ1) is 15.8. The van der Waals surface area contributed by atoms with Crippen LogP contribution in [0.15, 0.2) is 57.4 Å². The van der Waals surface area contributed by atoms with Crippen LogP contribution in [0, 0.1) is 0 Å². The van der Waals surface area contributed by atoms with Gasteiger partial charge in [0, 0.05) is 5.56 Å². The molecule has 0 unspecified atom stereocenters. The Morgan fingerprint density at radius 2 is 2.04 bits per heavy atom. The van der Waals surface area contributed by atoms with Gasteiger partial charge >= 0.3 is 0 Å². The number of rotatable bonds is 4. The minimum absolute atomic E-state index is 0.257. The Labute approximate surface area is 146 Å². The fourth-order valence-electron chi connectivity index (χ4n) is 1.84. The second kappa shape index (κ2) is 7.00. The third kappa shape index (κ3) is 3.82. The van der Waals surface area contributed by atoms with Crippen molar-refractivity contribution in [1.29, 1.82) is 0 Å². The summed E-state index contributed by atoms with van der Waals surface area (Å²) in [6.45, 7) is 0. The van der Waals surface area contributed by atoms with Gasteiger partial charge in [-0.05, 0) is 41.8 Å². The molecule has 3 aromatic rings. The largest absolute Gasteiger partial charge is 0.455 e. The molecule has 0 saturated heterocycles. The maximum absolute atomic E-state index is 11.7. The lowest BCUT2D eigenvalue weighted by molar-refractivity contribution is 0.0959. The number of hydrazone groups is 1. The summed E-state index contributed by atoms with van der Waals surface area (Å²) < 4.78 is 5.64. The van der Waals surface area contributed by atoms with Crippen LogP contribution in [-0.4, -0.2) is 12.1 Å². The lowest BCUT2D eigenvalue weighted by Gasteiger charge is -1.99. The molecule has 1 amide bonds. The molecule has 2 aromatic heterocycles. The fraction of sp³-hybridized carbons (Fsp3) is 0. The van der Waals surface area contributed by atoms with Gasteiger partial charge in [-0.2, -0.15) is 5.10 Å². The number of nitrogens with zero attached hydrogens (tertiary/aromatic N) is 1. The first-order valence-corrected chi connectivity index (χ1v) is 8.19. The summed E-state index contributed by atoms with van der Waals surface area (Å²) in [6, 6.07) is 12.3. The second-order valence-corrected chi connectivity index (χ2v) is 6.27. The Bertz CT molecular complexity index is 857. The molecule has 0 radical (unpaired) electrons. The molecule has 3 rings (SSSR count). The lowest BCUT2D eigenvalue weighted by atomic mass is 10.2. The molecule has 116 valence electrons. The molecule has 0 aliphatic rings. The average molecular weight is 365 g/mol. The molecular weight excluding hydrogens is 355 g/mol. The van der Waals surface area contributed by atoms with Crippen molar-refractivity contribution < 1.29 is 9.21 Å². The minimum atomic E-state index is -0.257. The Morgan fingerprint density at radius 1 is 1.17 bits per heavy atom. The topological polar surface area (TPSA) is 54.6 Å². The molecule has 0 aliphatic heterocycles. The molecule has 1 aromatic carbocycles. The molecule has 23 heavy (non-hydrogen) atoms. The Balaban J connectivity index is 1.68. The van der Waals surface area contributed by atoms with E-state index in [-0.39, 0.29) is 5.91 Å². The van der Waals surface area contributed by atoms with E-state index in [9.17, 15) is 4.79 Å². The second-order valence-electron chi connectivity index (χ2n) is 4.51. The quantitative estimate of drug-likeness (QED) is 0.518. The van der Waals surface area contributed by atoms with Gasteiger partial charge in [0.25, 0.3) is 5.91 Å². The van der Waals surface area contributed by atoms with Gasteiger partial charge in [-0.3, -0.25) is 4.79 Å². The number of hydrogen-bond acceptors (Lipinski definition) is 4. The van der Waals surface area contributed by atoms with Crippen LogP contribution in [0.4, 0.5) is 0 Å². The molecule has 0 aliphatic carbocycles. The van der Waals surface area contributed by atoms with Crippen molar-refractivity contribution in [3.63, 3.8) is 0 Å². The van der Waals surface area contributed by atoms with Crippen LogP contribution in [0.3, 0.4) is 0 Å². The zero-order chi connectivity index (χ0) is 16.2. The monoisotopic (exact) mass is 364 g/mol. The van der Waals surface area contributed by atoms with E-state index in [1.165, 1.54) is 17.6 Å². The molecule has 0 saturated carbocycles. The van der Waals surface area contributed by atoms with Crippen LogP contribution in [0.25, 0.3) is 11.3 Å². The third-order valence-corrected chi connectivity index (χ3v) is 4.54. The van der Waals surface area contributed by atoms with E-state index in [1.807, 2.05) is 11.4 Å². The number of benzene rings is 1. The van der Waals surface area contributed by atoms with Gasteiger partial charge in [0.1, 0.15) is 11.5 Å². The van der Waals surface area contributed by atoms with Crippen LogP contribution >= 0.6 is 34.5 Å². The first-order chi connectivity index (χ1) is 11.1. The molecule has 0 atom stereocenters. The van der Waals surface area contributed by atoms with E-state index in [4.69, 9.17) is 27.6 Å². The summed E-state index contributed by atoms with van der Waals surface area (Å²) in [5.74, 6) is 0.889. The van der Waals surface area contributed by atoms with E-state index in [1.54, 1.807) is 36.4 Å². The molecule has 0 fully saturated rings. The Kier molecular flexibility index (Phi) is 4.81. The average Bonchev–Trinajstić information content (AvgIpc) is 3.21. The van der Waals surface area contributed by atoms with Crippen LogP contribution < -0.4 is 5.43 Å². The molecule has 7 heteroatoms. The normalized spacial score (nSPS) is 11.0. The predicted molar refractivity (Wildman–Crippen MR) is 93.5 cm³/mol.